The fourth-order valence-electron chi connectivity index (χ4n) is 6.65. The molecule has 46 heavy (non-hydrogen) atoms. The van der Waals surface area contributed by atoms with Gasteiger partial charge in [-0.2, -0.15) is 4.58 Å². The normalized spacial score (nSPS) is 21.0. The van der Waals surface area contributed by atoms with Gasteiger partial charge in [0.25, 0.3) is 0 Å². The highest BCUT2D eigenvalue weighted by Crippen LogP contribution is 2.49. The maximum atomic E-state index is 13.6. The highest BCUT2D eigenvalue weighted by molar-refractivity contribution is 7.58. The van der Waals surface area contributed by atoms with Crippen LogP contribution in [0.2, 0.25) is 0 Å². The number of anilines is 1. The van der Waals surface area contributed by atoms with Gasteiger partial charge in [-0.3, -0.25) is 9.59 Å². The second-order valence-electron chi connectivity index (χ2n) is 12.9. The van der Waals surface area contributed by atoms with Gasteiger partial charge < -0.3 is 34.6 Å². The van der Waals surface area contributed by atoms with Gasteiger partial charge in [0.15, 0.2) is 13.3 Å². The largest absolute Gasteiger partial charge is 0.775 e. The SMILES string of the molecule is CC1(C)C(/C=C2/C(=O)C(/C=C3/N(CCCCCC(=O)O)c4ccccc4C3(C)C)=C2O)=[N+](CC(=O)O)c2ccc(P(=O)([O-])O)cc21. The number of carboxylic acids is 2. The number of aliphatic hydroxyl groups excluding tert-OH is 1. The van der Waals surface area contributed by atoms with Crippen LogP contribution in [0.15, 0.2) is 77.2 Å². The topological polar surface area (TPSA) is 179 Å². The molecule has 11 nitrogen and oxygen atoms in total. The molecule has 0 saturated carbocycles. The number of nitrogens with zero attached hydrogens (tertiary/aromatic N) is 2. The molecule has 0 spiro atoms. The number of carboxylic acid groups (broad SMARTS) is 2. The first-order valence-corrected chi connectivity index (χ1v) is 16.6. The van der Waals surface area contributed by atoms with Gasteiger partial charge in [0.1, 0.15) is 5.76 Å². The predicted molar refractivity (Wildman–Crippen MR) is 170 cm³/mol. The Morgan fingerprint density at radius 3 is 2.28 bits per heavy atom. The number of Topliss-reactive ketones (excluding diaryl/α,β-unsaturated/α-hetero) is 1. The summed E-state index contributed by atoms with van der Waals surface area (Å²) in [6, 6.07) is 11.8. The molecule has 12 heteroatoms. The zero-order valence-electron chi connectivity index (χ0n) is 26.1. The Balaban J connectivity index is 1.53. The zero-order chi connectivity index (χ0) is 33.8. The van der Waals surface area contributed by atoms with E-state index in [-0.39, 0.29) is 28.6 Å². The quantitative estimate of drug-likeness (QED) is 0.121. The summed E-state index contributed by atoms with van der Waals surface area (Å²) in [7, 11) is -4.84. The van der Waals surface area contributed by atoms with E-state index in [2.05, 4.69) is 4.90 Å². The molecule has 0 aromatic heterocycles. The minimum atomic E-state index is -4.84. The highest BCUT2D eigenvalue weighted by Gasteiger charge is 2.48. The van der Waals surface area contributed by atoms with Crippen LogP contribution in [0.5, 0.6) is 0 Å². The molecule has 2 heterocycles. The highest BCUT2D eigenvalue weighted by atomic mass is 31.2. The van der Waals surface area contributed by atoms with E-state index in [1.54, 1.807) is 19.9 Å². The van der Waals surface area contributed by atoms with Crippen LogP contribution >= 0.6 is 7.60 Å². The summed E-state index contributed by atoms with van der Waals surface area (Å²) in [5, 5.41) is 29.6. The van der Waals surface area contributed by atoms with Crippen LogP contribution in [0.3, 0.4) is 0 Å². The second kappa shape index (κ2) is 11.8. The van der Waals surface area contributed by atoms with Crippen molar-refractivity contribution in [3.05, 3.63) is 88.3 Å². The summed E-state index contributed by atoms with van der Waals surface area (Å²) in [6.07, 6.45) is 5.25. The lowest BCUT2D eigenvalue weighted by atomic mass is 9.77. The van der Waals surface area contributed by atoms with Gasteiger partial charge in [0, 0.05) is 52.8 Å². The summed E-state index contributed by atoms with van der Waals surface area (Å²) < 4.78 is 13.3. The molecule has 1 aliphatic carbocycles. The number of ketones is 1. The Labute approximate surface area is 266 Å². The van der Waals surface area contributed by atoms with Crippen molar-refractivity contribution in [3.8, 4) is 0 Å². The minimum Gasteiger partial charge on any atom is -0.775 e. The number of rotatable bonds is 11. The molecule has 0 amide bonds. The molecule has 0 fully saturated rings. The van der Waals surface area contributed by atoms with Crippen LogP contribution < -0.4 is 15.1 Å². The molecule has 3 aliphatic rings. The van der Waals surface area contributed by atoms with Crippen molar-refractivity contribution in [2.75, 3.05) is 18.0 Å². The number of aliphatic carboxylic acids is 2. The number of allylic oxidation sites excluding steroid dienone is 5. The number of para-hydroxylation sites is 1. The second-order valence-corrected chi connectivity index (χ2v) is 14.4. The standard InChI is InChI=1S/C34H37N2O9P/c1-33(2)23-10-7-8-11-25(23)35(15-9-5-6-12-29(37)38)27(33)17-21-31(41)22(32(21)42)18-28-34(3,4)24-16-20(46(43,44)45)13-14-26(24)36(28)19-30(39)40/h7-8,10-11,13-14,16-18H,5-6,9,12,15,19H2,1-4H3,(H4-,37,38,39,40,41,42,43,44,45). The summed E-state index contributed by atoms with van der Waals surface area (Å²) in [4.78, 5) is 60.0. The Hall–Kier alpha value is -4.31. The third-order valence-electron chi connectivity index (χ3n) is 9.13. The van der Waals surface area contributed by atoms with Crippen LogP contribution in [-0.2, 0) is 29.8 Å². The average Bonchev–Trinajstić information content (AvgIpc) is 3.31. The van der Waals surface area contributed by atoms with Gasteiger partial charge in [-0.05, 0) is 56.5 Å². The van der Waals surface area contributed by atoms with Crippen LogP contribution in [0.4, 0.5) is 11.4 Å². The fraction of sp³-hybridized carbons (Fsp3) is 0.353. The Morgan fingerprint density at radius 1 is 0.957 bits per heavy atom. The first kappa shape index (κ1) is 33.1. The molecule has 2 aromatic rings. The van der Waals surface area contributed by atoms with Crippen LogP contribution in [0.25, 0.3) is 0 Å². The average molecular weight is 649 g/mol. The molecule has 1 atom stereocenters. The van der Waals surface area contributed by atoms with Crippen molar-refractivity contribution in [3.63, 3.8) is 0 Å². The molecule has 5 rings (SSSR count). The third-order valence-corrected chi connectivity index (χ3v) is 10.1. The van der Waals surface area contributed by atoms with Crippen molar-refractivity contribution in [1.82, 2.24) is 0 Å². The van der Waals surface area contributed by atoms with E-state index in [1.165, 1.54) is 28.9 Å². The van der Waals surface area contributed by atoms with E-state index in [0.717, 1.165) is 23.4 Å². The molecule has 0 bridgehead atoms. The maximum Gasteiger partial charge on any atom is 0.370 e. The van der Waals surface area contributed by atoms with Gasteiger partial charge in [-0.1, -0.05) is 38.5 Å². The van der Waals surface area contributed by atoms with Crippen molar-refractivity contribution in [1.29, 1.82) is 0 Å². The maximum absolute atomic E-state index is 13.6. The summed E-state index contributed by atoms with van der Waals surface area (Å²) in [6.45, 7) is 7.69. The van der Waals surface area contributed by atoms with Crippen molar-refractivity contribution in [2.24, 2.45) is 0 Å². The Kier molecular flexibility index (Phi) is 8.48. The fourth-order valence-corrected chi connectivity index (χ4v) is 7.21. The Morgan fingerprint density at radius 2 is 1.65 bits per heavy atom. The number of carbonyl (C=O) groups is 3. The number of aliphatic hydroxyl groups is 1. The van der Waals surface area contributed by atoms with Crippen LogP contribution in [0.1, 0.15) is 64.5 Å². The number of hydrogen-bond acceptors (Lipinski definition) is 7. The molecule has 2 aromatic carbocycles. The predicted octanol–water partition coefficient (Wildman–Crippen LogP) is 3.97. The molecule has 242 valence electrons. The van der Waals surface area contributed by atoms with Gasteiger partial charge in [0.05, 0.1) is 16.6 Å². The van der Waals surface area contributed by atoms with E-state index in [1.807, 2.05) is 38.1 Å². The van der Waals surface area contributed by atoms with Gasteiger partial charge >= 0.3 is 11.9 Å². The minimum absolute atomic E-state index is 0.00327. The lowest BCUT2D eigenvalue weighted by Gasteiger charge is -2.29. The first-order chi connectivity index (χ1) is 21.5. The number of fused-ring (bicyclic) bond motifs is 2. The number of hydrogen-bond donors (Lipinski definition) is 4. The Bertz CT molecular complexity index is 1840. The van der Waals surface area contributed by atoms with Gasteiger partial charge in [-0.15, -0.1) is 0 Å². The third kappa shape index (κ3) is 5.75. The molecule has 0 radical (unpaired) electrons. The van der Waals surface area contributed by atoms with Crippen LogP contribution in [-0.4, -0.2) is 61.3 Å². The lowest BCUT2D eigenvalue weighted by Crippen LogP contribution is -2.33. The van der Waals surface area contributed by atoms with E-state index in [9.17, 15) is 38.9 Å². The summed E-state index contributed by atoms with van der Waals surface area (Å²) >= 11 is 0. The van der Waals surface area contributed by atoms with E-state index in [4.69, 9.17) is 5.11 Å². The first-order valence-electron chi connectivity index (χ1n) is 15.0. The lowest BCUT2D eigenvalue weighted by molar-refractivity contribution is -0.428. The summed E-state index contributed by atoms with van der Waals surface area (Å²) in [5.74, 6) is -2.65. The molecular weight excluding hydrogens is 611 g/mol. The van der Waals surface area contributed by atoms with Gasteiger partial charge in [0.2, 0.25) is 18.0 Å². The molecule has 4 N–H and O–H groups in total. The van der Waals surface area contributed by atoms with E-state index < -0.39 is 42.7 Å². The van der Waals surface area contributed by atoms with E-state index in [0.29, 0.717) is 36.3 Å². The molecule has 0 saturated heterocycles. The monoisotopic (exact) mass is 648 g/mol. The zero-order valence-corrected chi connectivity index (χ0v) is 27.0. The number of carbonyl (C=O) groups excluding carboxylic acids is 1. The van der Waals surface area contributed by atoms with E-state index >= 15 is 0 Å². The molecule has 1 unspecified atom stereocenters. The van der Waals surface area contributed by atoms with Crippen molar-refractivity contribution < 1.29 is 48.6 Å². The number of benzene rings is 2. The smallest absolute Gasteiger partial charge is 0.370 e. The molecule has 2 aliphatic heterocycles. The number of unbranched alkanes of at least 4 members (excludes halogenated alkanes) is 2. The molecular formula is C34H37N2O9P. The summed E-state index contributed by atoms with van der Waals surface area (Å²) in [5.41, 5.74) is 2.73. The van der Waals surface area contributed by atoms with Crippen LogP contribution in [0, 0.1) is 0 Å². The van der Waals surface area contributed by atoms with Gasteiger partial charge in [-0.25, -0.2) is 4.79 Å². The van der Waals surface area contributed by atoms with Crippen molar-refractivity contribution >= 4 is 47.7 Å². The van der Waals surface area contributed by atoms with Crippen molar-refractivity contribution in [2.45, 2.75) is 64.2 Å².